The van der Waals surface area contributed by atoms with Crippen molar-refractivity contribution in [3.63, 3.8) is 0 Å². The standard InChI is InChI=1S/C20H22O4/c21-17-7-9-20(15-5-2-1-4-13(15)17)16-6-3-10-23-19(16)14-8-11-22-12-18(14)24-20/h1-2,4-5,7,9,14,16,18-19H,3,6,8,10-12H2/t14-,16-,18+,19+,20?/m0/s1. The Morgan fingerprint density at radius 1 is 1.12 bits per heavy atom. The highest BCUT2D eigenvalue weighted by Crippen LogP contribution is 2.53. The highest BCUT2D eigenvalue weighted by Gasteiger charge is 2.57. The van der Waals surface area contributed by atoms with E-state index in [1.165, 1.54) is 0 Å². The van der Waals surface area contributed by atoms with Crippen molar-refractivity contribution < 1.29 is 19.0 Å². The van der Waals surface area contributed by atoms with Crippen molar-refractivity contribution in [2.75, 3.05) is 19.8 Å². The van der Waals surface area contributed by atoms with E-state index in [4.69, 9.17) is 14.2 Å². The highest BCUT2D eigenvalue weighted by atomic mass is 16.6. The van der Waals surface area contributed by atoms with Crippen molar-refractivity contribution in [3.8, 4) is 0 Å². The molecular formula is C20H22O4. The van der Waals surface area contributed by atoms with Crippen LogP contribution < -0.4 is 0 Å². The molecule has 0 aromatic heterocycles. The minimum absolute atomic E-state index is 0.0315. The molecule has 4 nitrogen and oxygen atoms in total. The maximum atomic E-state index is 12.4. The molecule has 4 aliphatic rings. The smallest absolute Gasteiger partial charge is 0.186 e. The molecule has 1 aromatic rings. The van der Waals surface area contributed by atoms with E-state index in [9.17, 15) is 4.79 Å². The number of carbonyl (C=O) groups is 1. The van der Waals surface area contributed by atoms with E-state index in [1.807, 2.05) is 30.3 Å². The lowest BCUT2D eigenvalue weighted by molar-refractivity contribution is -0.266. The van der Waals surface area contributed by atoms with Crippen LogP contribution in [0.4, 0.5) is 0 Å². The molecule has 4 heteroatoms. The van der Waals surface area contributed by atoms with Gasteiger partial charge in [0, 0.05) is 30.6 Å². The van der Waals surface area contributed by atoms with Crippen LogP contribution in [0.5, 0.6) is 0 Å². The fourth-order valence-electron chi connectivity index (χ4n) is 5.09. The Balaban J connectivity index is 1.66. The van der Waals surface area contributed by atoms with E-state index >= 15 is 0 Å². The van der Waals surface area contributed by atoms with E-state index in [1.54, 1.807) is 6.08 Å². The first-order chi connectivity index (χ1) is 11.8. The molecule has 1 aromatic carbocycles. The summed E-state index contributed by atoms with van der Waals surface area (Å²) >= 11 is 0. The number of rotatable bonds is 0. The zero-order chi connectivity index (χ0) is 16.1. The van der Waals surface area contributed by atoms with Gasteiger partial charge in [-0.05, 0) is 37.0 Å². The Labute approximate surface area is 141 Å². The molecule has 1 aliphatic carbocycles. The van der Waals surface area contributed by atoms with Crippen LogP contribution in [-0.4, -0.2) is 37.8 Å². The molecule has 5 atom stereocenters. The van der Waals surface area contributed by atoms with Gasteiger partial charge in [-0.3, -0.25) is 4.79 Å². The molecule has 3 heterocycles. The van der Waals surface area contributed by atoms with Crippen LogP contribution in [0, 0.1) is 11.8 Å². The van der Waals surface area contributed by atoms with Crippen molar-refractivity contribution in [3.05, 3.63) is 47.5 Å². The zero-order valence-corrected chi connectivity index (χ0v) is 13.6. The second-order valence-corrected chi connectivity index (χ2v) is 7.30. The van der Waals surface area contributed by atoms with Gasteiger partial charge in [-0.2, -0.15) is 0 Å². The van der Waals surface area contributed by atoms with Gasteiger partial charge in [0.1, 0.15) is 5.60 Å². The number of ketones is 1. The Morgan fingerprint density at radius 2 is 2.04 bits per heavy atom. The van der Waals surface area contributed by atoms with Crippen LogP contribution in [0.3, 0.4) is 0 Å². The predicted molar refractivity (Wildman–Crippen MR) is 87.9 cm³/mol. The summed E-state index contributed by atoms with van der Waals surface area (Å²) in [6.07, 6.45) is 7.02. The van der Waals surface area contributed by atoms with Crippen LogP contribution >= 0.6 is 0 Å². The largest absolute Gasteiger partial charge is 0.379 e. The molecule has 0 saturated carbocycles. The number of benzene rings is 1. The maximum absolute atomic E-state index is 12.4. The second-order valence-electron chi connectivity index (χ2n) is 7.30. The van der Waals surface area contributed by atoms with Gasteiger partial charge in [-0.15, -0.1) is 0 Å². The maximum Gasteiger partial charge on any atom is 0.186 e. The van der Waals surface area contributed by atoms with Gasteiger partial charge < -0.3 is 14.2 Å². The van der Waals surface area contributed by atoms with Crippen LogP contribution in [0.15, 0.2) is 36.4 Å². The third kappa shape index (κ3) is 2.00. The molecule has 24 heavy (non-hydrogen) atoms. The highest BCUT2D eigenvalue weighted by molar-refractivity contribution is 6.07. The molecule has 5 rings (SSSR count). The SMILES string of the molecule is O=C1C=CC2(O[C@@H]3COCC[C@@H]3[C@H]3OCCC[C@@H]32)c2ccccc21. The first-order valence-corrected chi connectivity index (χ1v) is 9.00. The molecule has 3 saturated heterocycles. The second kappa shape index (κ2) is 5.51. The summed E-state index contributed by atoms with van der Waals surface area (Å²) < 4.78 is 18.7. The van der Waals surface area contributed by atoms with Gasteiger partial charge in [0.15, 0.2) is 5.78 Å². The number of ether oxygens (including phenoxy) is 3. The van der Waals surface area contributed by atoms with Crippen LogP contribution in [-0.2, 0) is 19.8 Å². The number of carbonyl (C=O) groups excluding carboxylic acids is 1. The van der Waals surface area contributed by atoms with E-state index in [0.29, 0.717) is 12.5 Å². The van der Waals surface area contributed by atoms with E-state index < -0.39 is 5.60 Å². The average Bonchev–Trinajstić information content (AvgIpc) is 2.65. The van der Waals surface area contributed by atoms with Gasteiger partial charge in [0.2, 0.25) is 0 Å². The normalized spacial score (nSPS) is 40.8. The molecule has 0 radical (unpaired) electrons. The summed E-state index contributed by atoms with van der Waals surface area (Å²) in [5.74, 6) is 0.721. The molecular weight excluding hydrogens is 304 g/mol. The van der Waals surface area contributed by atoms with E-state index in [2.05, 4.69) is 0 Å². The molecule has 0 amide bonds. The molecule has 126 valence electrons. The van der Waals surface area contributed by atoms with Crippen LogP contribution in [0.2, 0.25) is 0 Å². The summed E-state index contributed by atoms with van der Waals surface area (Å²) in [5, 5.41) is 0. The number of fused-ring (bicyclic) bond motifs is 6. The van der Waals surface area contributed by atoms with Gasteiger partial charge >= 0.3 is 0 Å². The summed E-state index contributed by atoms with van der Waals surface area (Å²) in [6, 6.07) is 7.88. The van der Waals surface area contributed by atoms with Crippen LogP contribution in [0.25, 0.3) is 0 Å². The van der Waals surface area contributed by atoms with E-state index in [-0.39, 0.29) is 23.9 Å². The van der Waals surface area contributed by atoms with Crippen molar-refractivity contribution in [1.82, 2.24) is 0 Å². The van der Waals surface area contributed by atoms with Crippen molar-refractivity contribution in [1.29, 1.82) is 0 Å². The zero-order valence-electron chi connectivity index (χ0n) is 13.6. The monoisotopic (exact) mass is 326 g/mol. The third-order valence-corrected chi connectivity index (χ3v) is 6.14. The molecule has 0 N–H and O–H groups in total. The topological polar surface area (TPSA) is 44.8 Å². The lowest BCUT2D eigenvalue weighted by Gasteiger charge is -2.56. The molecule has 0 bridgehead atoms. The van der Waals surface area contributed by atoms with Gasteiger partial charge in [-0.25, -0.2) is 0 Å². The minimum Gasteiger partial charge on any atom is -0.379 e. The van der Waals surface area contributed by atoms with Gasteiger partial charge in [-0.1, -0.05) is 24.3 Å². The quantitative estimate of drug-likeness (QED) is 0.735. The number of allylic oxidation sites excluding steroid dienone is 1. The lowest BCUT2D eigenvalue weighted by Crippen LogP contribution is -2.61. The molecule has 1 unspecified atom stereocenters. The van der Waals surface area contributed by atoms with Crippen molar-refractivity contribution >= 4 is 5.78 Å². The summed E-state index contributed by atoms with van der Waals surface area (Å²) in [6.45, 7) is 2.23. The Morgan fingerprint density at radius 3 is 3.00 bits per heavy atom. The van der Waals surface area contributed by atoms with E-state index in [0.717, 1.165) is 43.6 Å². The molecule has 3 aliphatic heterocycles. The molecule has 1 spiro atoms. The van der Waals surface area contributed by atoms with Crippen molar-refractivity contribution in [2.24, 2.45) is 11.8 Å². The summed E-state index contributed by atoms with van der Waals surface area (Å²) in [5.41, 5.74) is 1.21. The lowest BCUT2D eigenvalue weighted by atomic mass is 9.64. The first kappa shape index (κ1) is 14.8. The van der Waals surface area contributed by atoms with Crippen LogP contribution in [0.1, 0.15) is 35.2 Å². The molecule has 3 fully saturated rings. The predicted octanol–water partition coefficient (Wildman–Crippen LogP) is 2.86. The Hall–Kier alpha value is -1.49. The third-order valence-electron chi connectivity index (χ3n) is 6.14. The fourth-order valence-corrected chi connectivity index (χ4v) is 5.09. The Kier molecular flexibility index (Phi) is 3.40. The number of hydrogen-bond acceptors (Lipinski definition) is 4. The van der Waals surface area contributed by atoms with Gasteiger partial charge in [0.05, 0.1) is 18.8 Å². The Bertz CT molecular complexity index is 697. The van der Waals surface area contributed by atoms with Gasteiger partial charge in [0.25, 0.3) is 0 Å². The fraction of sp³-hybridized carbons (Fsp3) is 0.550. The first-order valence-electron chi connectivity index (χ1n) is 9.00. The summed E-state index contributed by atoms with van der Waals surface area (Å²) in [4.78, 5) is 12.4. The average molecular weight is 326 g/mol. The van der Waals surface area contributed by atoms with Crippen molar-refractivity contribution in [2.45, 2.75) is 37.1 Å². The number of hydrogen-bond donors (Lipinski definition) is 0. The minimum atomic E-state index is -0.558. The summed E-state index contributed by atoms with van der Waals surface area (Å²) in [7, 11) is 0.